The van der Waals surface area contributed by atoms with Crippen molar-refractivity contribution in [2.45, 2.75) is 0 Å². The number of nitrogens with two attached hydrogens (primary N) is 1. The average molecular weight is 188 g/mol. The van der Waals surface area contributed by atoms with E-state index in [2.05, 4.69) is 15.3 Å². The lowest BCUT2D eigenvalue weighted by atomic mass is 9.71. The number of hydrogen-bond donors (Lipinski definition) is 2. The number of amidine groups is 1. The van der Waals surface area contributed by atoms with E-state index in [-0.39, 0.29) is 0 Å². The minimum atomic E-state index is -0.460. The van der Waals surface area contributed by atoms with Crippen molar-refractivity contribution in [2.24, 2.45) is 10.7 Å². The number of hydrogen-bond acceptors (Lipinski definition) is 4. The zero-order valence-corrected chi connectivity index (χ0v) is 7.74. The molecule has 6 heteroatoms. The molecule has 2 heterocycles. The zero-order valence-electron chi connectivity index (χ0n) is 7.74. The summed E-state index contributed by atoms with van der Waals surface area (Å²) in [6, 6.07) is 1.73. The average Bonchev–Trinajstić information content (AvgIpc) is 2.58. The number of pyridine rings is 1. The summed E-state index contributed by atoms with van der Waals surface area (Å²) in [5, 5.41) is 2.95. The van der Waals surface area contributed by atoms with Crippen LogP contribution < -0.4 is 16.5 Å². The number of rotatable bonds is 1. The van der Waals surface area contributed by atoms with Crippen LogP contribution in [-0.2, 0) is 0 Å². The van der Waals surface area contributed by atoms with Gasteiger partial charge in [-0.25, -0.2) is 9.98 Å². The Balaban J connectivity index is 2.37. The van der Waals surface area contributed by atoms with Crippen LogP contribution in [0.5, 0.6) is 0 Å². The predicted octanol–water partition coefficient (Wildman–Crippen LogP) is -1.54. The number of nitrogens with one attached hydrogen (secondary N) is 1. The highest BCUT2D eigenvalue weighted by atomic mass is 16.1. The SMILES string of the molecule is CNC1=Nc2ncc(C(N)=O)cc2B1. The van der Waals surface area contributed by atoms with Crippen LogP contribution in [0.25, 0.3) is 0 Å². The van der Waals surface area contributed by atoms with Gasteiger partial charge >= 0.3 is 0 Å². The van der Waals surface area contributed by atoms with Crippen molar-refractivity contribution in [2.75, 3.05) is 7.05 Å². The Morgan fingerprint density at radius 1 is 1.64 bits per heavy atom. The molecule has 0 radical (unpaired) electrons. The first-order valence-corrected chi connectivity index (χ1v) is 4.24. The fourth-order valence-electron chi connectivity index (χ4n) is 1.36. The van der Waals surface area contributed by atoms with Gasteiger partial charge in [-0.2, -0.15) is 0 Å². The number of amides is 1. The first-order chi connectivity index (χ1) is 6.70. The molecule has 70 valence electrons. The molecular weight excluding hydrogens is 179 g/mol. The van der Waals surface area contributed by atoms with Gasteiger partial charge in [0.05, 0.1) is 11.3 Å². The quantitative estimate of drug-likeness (QED) is 0.524. The summed E-state index contributed by atoms with van der Waals surface area (Å²) in [5.74, 6) is 0.206. The number of aliphatic imine (C=N–C) groups is 1. The topological polar surface area (TPSA) is 80.4 Å². The molecule has 1 aromatic rings. The second-order valence-corrected chi connectivity index (χ2v) is 3.06. The highest BCUT2D eigenvalue weighted by Gasteiger charge is 2.17. The molecule has 1 amide bonds. The van der Waals surface area contributed by atoms with Crippen molar-refractivity contribution < 1.29 is 4.79 Å². The largest absolute Gasteiger partial charge is 0.384 e. The van der Waals surface area contributed by atoms with Gasteiger partial charge < -0.3 is 11.1 Å². The Morgan fingerprint density at radius 2 is 2.43 bits per heavy atom. The predicted molar refractivity (Wildman–Crippen MR) is 55.7 cm³/mol. The van der Waals surface area contributed by atoms with Crippen LogP contribution in [0.4, 0.5) is 5.82 Å². The number of primary amides is 1. The Bertz CT molecular complexity index is 429. The molecule has 14 heavy (non-hydrogen) atoms. The summed E-state index contributed by atoms with van der Waals surface area (Å²) in [4.78, 5) is 19.1. The van der Waals surface area contributed by atoms with Crippen LogP contribution in [0.15, 0.2) is 17.3 Å². The van der Waals surface area contributed by atoms with Gasteiger partial charge in [-0.1, -0.05) is 0 Å². The van der Waals surface area contributed by atoms with Crippen molar-refractivity contribution in [1.29, 1.82) is 0 Å². The smallest absolute Gasteiger partial charge is 0.250 e. The van der Waals surface area contributed by atoms with E-state index in [0.29, 0.717) is 18.7 Å². The third kappa shape index (κ3) is 1.35. The van der Waals surface area contributed by atoms with Gasteiger partial charge in [-0.15, -0.1) is 0 Å². The molecule has 5 nitrogen and oxygen atoms in total. The molecule has 0 bridgehead atoms. The lowest BCUT2D eigenvalue weighted by Crippen LogP contribution is -2.29. The van der Waals surface area contributed by atoms with E-state index < -0.39 is 5.91 Å². The van der Waals surface area contributed by atoms with Gasteiger partial charge in [0, 0.05) is 13.2 Å². The third-order valence-corrected chi connectivity index (χ3v) is 2.11. The molecule has 0 aromatic carbocycles. The number of carbonyl (C=O) groups excluding carboxylic acids is 1. The molecule has 0 aliphatic carbocycles. The fourth-order valence-corrected chi connectivity index (χ4v) is 1.36. The first kappa shape index (κ1) is 8.74. The lowest BCUT2D eigenvalue weighted by Gasteiger charge is -1.97. The molecule has 2 rings (SSSR count). The normalized spacial score (nSPS) is 12.8. The van der Waals surface area contributed by atoms with Gasteiger partial charge in [-0.3, -0.25) is 4.79 Å². The molecule has 0 atom stereocenters. The number of nitrogens with zero attached hydrogens (tertiary/aromatic N) is 2. The lowest BCUT2D eigenvalue weighted by molar-refractivity contribution is 0.1000. The maximum atomic E-state index is 10.9. The second-order valence-electron chi connectivity index (χ2n) is 3.06. The molecule has 1 aliphatic rings. The first-order valence-electron chi connectivity index (χ1n) is 4.24. The van der Waals surface area contributed by atoms with E-state index >= 15 is 0 Å². The van der Waals surface area contributed by atoms with Crippen molar-refractivity contribution in [3.05, 3.63) is 17.8 Å². The van der Waals surface area contributed by atoms with E-state index in [4.69, 9.17) is 5.73 Å². The summed E-state index contributed by atoms with van der Waals surface area (Å²) < 4.78 is 0. The Hall–Kier alpha value is -1.85. The standard InChI is InChI=1S/C8H9BN4O/c1-11-8-9-5-2-4(6(10)14)3-12-7(5)13-8/h2-3,9H,1H3,(H2,10,14)(H,11,12,13). The van der Waals surface area contributed by atoms with E-state index in [9.17, 15) is 4.79 Å². The molecule has 0 spiro atoms. The molecule has 0 fully saturated rings. The number of fused-ring (bicyclic) bond motifs is 1. The van der Waals surface area contributed by atoms with Crippen molar-refractivity contribution in [1.82, 2.24) is 10.3 Å². The van der Waals surface area contributed by atoms with Gasteiger partial charge in [0.25, 0.3) is 0 Å². The van der Waals surface area contributed by atoms with Crippen molar-refractivity contribution in [3.8, 4) is 0 Å². The molecule has 1 aromatic heterocycles. The molecule has 3 N–H and O–H groups in total. The van der Waals surface area contributed by atoms with E-state index in [1.165, 1.54) is 6.20 Å². The van der Waals surface area contributed by atoms with Gasteiger partial charge in [0.1, 0.15) is 5.82 Å². The van der Waals surface area contributed by atoms with Crippen LogP contribution >= 0.6 is 0 Å². The third-order valence-electron chi connectivity index (χ3n) is 2.11. The summed E-state index contributed by atoms with van der Waals surface area (Å²) in [7, 11) is 2.49. The Morgan fingerprint density at radius 3 is 3.07 bits per heavy atom. The summed E-state index contributed by atoms with van der Waals surface area (Å²) in [6.07, 6.45) is 1.45. The summed E-state index contributed by atoms with van der Waals surface area (Å²) >= 11 is 0. The van der Waals surface area contributed by atoms with Gasteiger partial charge in [0.15, 0.2) is 0 Å². The summed E-state index contributed by atoms with van der Waals surface area (Å²) in [5.41, 5.74) is 7.36. The minimum Gasteiger partial charge on any atom is -0.384 e. The van der Waals surface area contributed by atoms with Crippen molar-refractivity contribution in [3.63, 3.8) is 0 Å². The van der Waals surface area contributed by atoms with Crippen LogP contribution in [0.2, 0.25) is 0 Å². The highest BCUT2D eigenvalue weighted by Crippen LogP contribution is 2.10. The monoisotopic (exact) mass is 188 g/mol. The second kappa shape index (κ2) is 3.14. The number of aromatic nitrogens is 1. The van der Waals surface area contributed by atoms with E-state index in [1.807, 2.05) is 0 Å². The zero-order chi connectivity index (χ0) is 10.1. The van der Waals surface area contributed by atoms with Gasteiger partial charge in [0.2, 0.25) is 13.2 Å². The maximum Gasteiger partial charge on any atom is 0.250 e. The highest BCUT2D eigenvalue weighted by molar-refractivity contribution is 6.87. The van der Waals surface area contributed by atoms with Crippen LogP contribution in [-0.4, -0.2) is 31.0 Å². The molecular formula is C8H9BN4O. The fraction of sp³-hybridized carbons (Fsp3) is 0.125. The Labute approximate surface area is 81.7 Å². The Kier molecular flexibility index (Phi) is 1.96. The maximum absolute atomic E-state index is 10.9. The van der Waals surface area contributed by atoms with Crippen molar-refractivity contribution >= 4 is 30.2 Å². The van der Waals surface area contributed by atoms with Gasteiger partial charge in [-0.05, 0) is 11.5 Å². The molecule has 0 saturated heterocycles. The van der Waals surface area contributed by atoms with Crippen LogP contribution in [0, 0.1) is 0 Å². The number of carbonyl (C=O) groups is 1. The van der Waals surface area contributed by atoms with E-state index in [1.54, 1.807) is 13.1 Å². The molecule has 1 aliphatic heterocycles. The van der Waals surface area contributed by atoms with Crippen LogP contribution in [0.3, 0.4) is 0 Å². The van der Waals surface area contributed by atoms with Crippen LogP contribution in [0.1, 0.15) is 10.4 Å². The minimum absolute atomic E-state index is 0.427. The summed E-state index contributed by atoms with van der Waals surface area (Å²) in [6.45, 7) is 0. The van der Waals surface area contributed by atoms with E-state index in [0.717, 1.165) is 11.2 Å². The molecule has 0 saturated carbocycles. The molecule has 0 unspecified atom stereocenters.